The monoisotopic (exact) mass is 373 g/mol. The summed E-state index contributed by atoms with van der Waals surface area (Å²) in [6.45, 7) is 2.72. The maximum atomic E-state index is 11.5. The normalized spacial score (nSPS) is 10.5. The van der Waals surface area contributed by atoms with Crippen LogP contribution in [0.4, 0.5) is 0 Å². The van der Waals surface area contributed by atoms with Crippen molar-refractivity contribution >= 4 is 29.6 Å². The van der Waals surface area contributed by atoms with Crippen LogP contribution >= 0.6 is 11.6 Å². The molecule has 0 saturated carbocycles. The molecule has 0 heterocycles. The van der Waals surface area contributed by atoms with E-state index in [2.05, 4.69) is 15.8 Å². The van der Waals surface area contributed by atoms with E-state index in [0.29, 0.717) is 23.9 Å². The summed E-state index contributed by atoms with van der Waals surface area (Å²) in [5.41, 5.74) is 3.84. The van der Waals surface area contributed by atoms with Gasteiger partial charge in [-0.15, -0.1) is 0 Å². The van der Waals surface area contributed by atoms with Gasteiger partial charge in [-0.1, -0.05) is 36.7 Å². The molecule has 2 rings (SSSR count). The second-order valence-corrected chi connectivity index (χ2v) is 5.81. The zero-order valence-electron chi connectivity index (χ0n) is 14.4. The van der Waals surface area contributed by atoms with Crippen LogP contribution in [0.25, 0.3) is 0 Å². The predicted molar refractivity (Wildman–Crippen MR) is 101 cm³/mol. The van der Waals surface area contributed by atoms with Gasteiger partial charge in [-0.3, -0.25) is 9.59 Å². The minimum atomic E-state index is -0.797. The highest BCUT2D eigenvalue weighted by atomic mass is 35.5. The first kappa shape index (κ1) is 19.5. The number of rotatable bonds is 7. The lowest BCUT2D eigenvalue weighted by atomic mass is 10.2. The van der Waals surface area contributed by atoms with Crippen LogP contribution in [-0.2, 0) is 16.2 Å². The first-order valence-electron chi connectivity index (χ1n) is 8.17. The third-order valence-electron chi connectivity index (χ3n) is 3.35. The van der Waals surface area contributed by atoms with Crippen LogP contribution in [0.1, 0.15) is 24.5 Å². The van der Waals surface area contributed by atoms with Gasteiger partial charge in [0, 0.05) is 17.1 Å². The Hall–Kier alpha value is -2.86. The highest BCUT2D eigenvalue weighted by Crippen LogP contribution is 2.18. The molecule has 2 aromatic rings. The van der Waals surface area contributed by atoms with Gasteiger partial charge in [-0.2, -0.15) is 5.10 Å². The summed E-state index contributed by atoms with van der Waals surface area (Å²) in [6.07, 6.45) is 2.20. The topological polar surface area (TPSA) is 79.8 Å². The molecule has 7 heteroatoms. The van der Waals surface area contributed by atoms with E-state index in [1.54, 1.807) is 24.3 Å². The lowest BCUT2D eigenvalue weighted by Crippen LogP contribution is -2.38. The van der Waals surface area contributed by atoms with Crippen molar-refractivity contribution in [3.63, 3.8) is 0 Å². The summed E-state index contributed by atoms with van der Waals surface area (Å²) in [6, 6.07) is 14.6. The Morgan fingerprint density at radius 2 is 1.85 bits per heavy atom. The van der Waals surface area contributed by atoms with Gasteiger partial charge in [0.15, 0.2) is 0 Å². The van der Waals surface area contributed by atoms with Crippen LogP contribution in [0.15, 0.2) is 53.6 Å². The van der Waals surface area contributed by atoms with Crippen LogP contribution < -0.4 is 15.5 Å². The molecule has 0 aliphatic rings. The van der Waals surface area contributed by atoms with Gasteiger partial charge in [0.1, 0.15) is 12.4 Å². The molecule has 136 valence electrons. The Labute approximate surface area is 157 Å². The standard InChI is InChI=1S/C19H20ClN3O3/c1-2-11-21-18(24)19(25)23-22-12-14-7-9-16(10-8-14)26-13-15-5-3-4-6-17(15)20/h3-10,12H,2,11,13H2,1H3,(H,21,24)(H,23,25)/b22-12-. The number of carbonyl (C=O) groups is 2. The fourth-order valence-corrected chi connectivity index (χ4v) is 2.15. The number of halogens is 1. The summed E-state index contributed by atoms with van der Waals surface area (Å²) in [5.74, 6) is -0.813. The van der Waals surface area contributed by atoms with Crippen molar-refractivity contribution in [3.8, 4) is 5.75 Å². The van der Waals surface area contributed by atoms with Crippen molar-refractivity contribution in [1.29, 1.82) is 0 Å². The zero-order chi connectivity index (χ0) is 18.8. The lowest BCUT2D eigenvalue weighted by molar-refractivity contribution is -0.139. The minimum absolute atomic E-state index is 0.371. The fourth-order valence-electron chi connectivity index (χ4n) is 1.96. The summed E-state index contributed by atoms with van der Waals surface area (Å²) in [4.78, 5) is 22.9. The van der Waals surface area contributed by atoms with Crippen LogP contribution in [0.5, 0.6) is 5.75 Å². The second-order valence-electron chi connectivity index (χ2n) is 5.40. The van der Waals surface area contributed by atoms with E-state index in [-0.39, 0.29) is 0 Å². The summed E-state index contributed by atoms with van der Waals surface area (Å²) >= 11 is 6.09. The Balaban J connectivity index is 1.82. The SMILES string of the molecule is CCCNC(=O)C(=O)N/N=C\c1ccc(OCc2ccccc2Cl)cc1. The number of hydrazone groups is 1. The van der Waals surface area contributed by atoms with Gasteiger partial charge in [0.05, 0.1) is 6.21 Å². The quantitative estimate of drug-likeness (QED) is 0.445. The number of benzene rings is 2. The number of hydrogen-bond donors (Lipinski definition) is 2. The van der Waals surface area contributed by atoms with Crippen molar-refractivity contribution in [3.05, 3.63) is 64.7 Å². The highest BCUT2D eigenvalue weighted by molar-refractivity contribution is 6.35. The second kappa shape index (κ2) is 10.2. The molecule has 0 saturated heterocycles. The molecule has 0 aliphatic heterocycles. The van der Waals surface area contributed by atoms with Gasteiger partial charge in [0.2, 0.25) is 0 Å². The first-order valence-corrected chi connectivity index (χ1v) is 8.55. The maximum absolute atomic E-state index is 11.5. The number of carbonyl (C=O) groups excluding carboxylic acids is 2. The largest absolute Gasteiger partial charge is 0.489 e. The third-order valence-corrected chi connectivity index (χ3v) is 3.72. The number of hydrogen-bond acceptors (Lipinski definition) is 4. The molecule has 6 nitrogen and oxygen atoms in total. The summed E-state index contributed by atoms with van der Waals surface area (Å²) in [5, 5.41) is 6.89. The van der Waals surface area contributed by atoms with Crippen LogP contribution in [0.2, 0.25) is 5.02 Å². The third kappa shape index (κ3) is 6.22. The number of nitrogens with zero attached hydrogens (tertiary/aromatic N) is 1. The van der Waals surface area contributed by atoms with Crippen molar-refractivity contribution in [2.45, 2.75) is 20.0 Å². The van der Waals surface area contributed by atoms with Gasteiger partial charge < -0.3 is 10.1 Å². The summed E-state index contributed by atoms with van der Waals surface area (Å²) < 4.78 is 5.69. The zero-order valence-corrected chi connectivity index (χ0v) is 15.1. The Kier molecular flexibility index (Phi) is 7.64. The molecule has 2 N–H and O–H groups in total. The molecule has 0 radical (unpaired) electrons. The van der Waals surface area contributed by atoms with Crippen molar-refractivity contribution < 1.29 is 14.3 Å². The van der Waals surface area contributed by atoms with Gasteiger partial charge >= 0.3 is 11.8 Å². The number of ether oxygens (including phenoxy) is 1. The van der Waals surface area contributed by atoms with Gasteiger partial charge in [-0.25, -0.2) is 5.43 Å². The van der Waals surface area contributed by atoms with Crippen molar-refractivity contribution in [2.75, 3.05) is 6.54 Å². The molecule has 0 fully saturated rings. The molecule has 0 aromatic heterocycles. The molecular formula is C19H20ClN3O3. The van der Waals surface area contributed by atoms with Gasteiger partial charge in [0.25, 0.3) is 0 Å². The molecule has 0 aliphatic carbocycles. The van der Waals surface area contributed by atoms with E-state index in [1.165, 1.54) is 6.21 Å². The summed E-state index contributed by atoms with van der Waals surface area (Å²) in [7, 11) is 0. The van der Waals surface area contributed by atoms with Crippen LogP contribution in [0.3, 0.4) is 0 Å². The van der Waals surface area contributed by atoms with E-state index in [0.717, 1.165) is 17.5 Å². The lowest BCUT2D eigenvalue weighted by Gasteiger charge is -2.07. The maximum Gasteiger partial charge on any atom is 0.329 e. The smallest absolute Gasteiger partial charge is 0.329 e. The van der Waals surface area contributed by atoms with E-state index in [9.17, 15) is 9.59 Å². The number of amides is 2. The molecule has 2 aromatic carbocycles. The Bertz CT molecular complexity index is 776. The minimum Gasteiger partial charge on any atom is -0.489 e. The van der Waals surface area contributed by atoms with Crippen molar-refractivity contribution in [2.24, 2.45) is 5.10 Å². The fraction of sp³-hybridized carbons (Fsp3) is 0.211. The first-order chi connectivity index (χ1) is 12.6. The molecule has 0 atom stereocenters. The molecular weight excluding hydrogens is 354 g/mol. The van der Waals surface area contributed by atoms with E-state index >= 15 is 0 Å². The molecule has 26 heavy (non-hydrogen) atoms. The van der Waals surface area contributed by atoms with E-state index in [1.807, 2.05) is 31.2 Å². The Morgan fingerprint density at radius 3 is 2.54 bits per heavy atom. The highest BCUT2D eigenvalue weighted by Gasteiger charge is 2.10. The average Bonchev–Trinajstić information content (AvgIpc) is 2.66. The average molecular weight is 374 g/mol. The molecule has 0 unspecified atom stereocenters. The predicted octanol–water partition coefficient (Wildman–Crippen LogP) is 2.90. The Morgan fingerprint density at radius 1 is 1.12 bits per heavy atom. The van der Waals surface area contributed by atoms with E-state index < -0.39 is 11.8 Å². The van der Waals surface area contributed by atoms with Gasteiger partial charge in [-0.05, 0) is 42.3 Å². The van der Waals surface area contributed by atoms with Crippen LogP contribution in [0, 0.1) is 0 Å². The van der Waals surface area contributed by atoms with Crippen LogP contribution in [-0.4, -0.2) is 24.6 Å². The molecule has 0 bridgehead atoms. The molecule has 2 amide bonds. The van der Waals surface area contributed by atoms with Crippen molar-refractivity contribution in [1.82, 2.24) is 10.7 Å². The van der Waals surface area contributed by atoms with E-state index in [4.69, 9.17) is 16.3 Å². The number of nitrogens with one attached hydrogen (secondary N) is 2. The molecule has 0 spiro atoms.